The van der Waals surface area contributed by atoms with Crippen LogP contribution in [-0.4, -0.2) is 18.7 Å². The minimum atomic E-state index is -1.22. The average Bonchev–Trinajstić information content (AvgIpc) is 2.85. The first-order chi connectivity index (χ1) is 10.9. The van der Waals surface area contributed by atoms with Gasteiger partial charge in [0.1, 0.15) is 0 Å². The van der Waals surface area contributed by atoms with E-state index >= 15 is 0 Å². The smallest absolute Gasteiger partial charge is 0.200 e. The summed E-state index contributed by atoms with van der Waals surface area (Å²) in [6.07, 6.45) is 1.85. The fourth-order valence-corrected chi connectivity index (χ4v) is 3.97. The summed E-state index contributed by atoms with van der Waals surface area (Å²) in [6.45, 7) is 8.21. The number of benzene rings is 1. The Morgan fingerprint density at radius 2 is 1.87 bits per heavy atom. The highest BCUT2D eigenvalue weighted by atomic mass is 32.2. The van der Waals surface area contributed by atoms with Gasteiger partial charge in [0, 0.05) is 13.2 Å². The lowest BCUT2D eigenvalue weighted by Gasteiger charge is -2.10. The molecule has 0 bridgehead atoms. The van der Waals surface area contributed by atoms with Gasteiger partial charge in [-0.25, -0.2) is 4.98 Å². The van der Waals surface area contributed by atoms with Crippen LogP contribution in [0.25, 0.3) is 11.0 Å². The first-order valence-electron chi connectivity index (χ1n) is 7.61. The zero-order valence-electron chi connectivity index (χ0n) is 14.2. The number of aryl methyl sites for hydroxylation is 3. The van der Waals surface area contributed by atoms with Crippen molar-refractivity contribution < 1.29 is 4.21 Å². The Balaban J connectivity index is 1.98. The number of hydrogen-bond acceptors (Lipinski definition) is 3. The molecule has 0 radical (unpaired) electrons. The van der Waals surface area contributed by atoms with Crippen LogP contribution in [0.5, 0.6) is 0 Å². The Morgan fingerprint density at radius 1 is 1.13 bits per heavy atom. The number of aromatic nitrogens is 3. The topological polar surface area (TPSA) is 47.8 Å². The molecular weight excluding hydrogens is 306 g/mol. The second-order valence-electron chi connectivity index (χ2n) is 6.07. The molecule has 120 valence electrons. The van der Waals surface area contributed by atoms with E-state index in [-0.39, 0.29) is 0 Å². The van der Waals surface area contributed by atoms with E-state index in [0.29, 0.717) is 10.9 Å². The minimum Gasteiger partial charge on any atom is -0.320 e. The van der Waals surface area contributed by atoms with E-state index in [1.165, 1.54) is 11.1 Å². The maximum atomic E-state index is 12.8. The van der Waals surface area contributed by atoms with Crippen LogP contribution in [0, 0.1) is 27.7 Å². The van der Waals surface area contributed by atoms with Crippen molar-refractivity contribution >= 4 is 21.8 Å². The Hall–Kier alpha value is -2.01. The van der Waals surface area contributed by atoms with Gasteiger partial charge in [0.2, 0.25) is 0 Å². The Labute approximate surface area is 139 Å². The van der Waals surface area contributed by atoms with Crippen LogP contribution in [0.3, 0.4) is 0 Å². The van der Waals surface area contributed by atoms with E-state index in [4.69, 9.17) is 0 Å². The summed E-state index contributed by atoms with van der Waals surface area (Å²) in [5, 5.41) is 0.602. The maximum absolute atomic E-state index is 12.8. The van der Waals surface area contributed by atoms with Gasteiger partial charge in [-0.1, -0.05) is 6.07 Å². The van der Waals surface area contributed by atoms with E-state index in [1.807, 2.05) is 50.7 Å². The second kappa shape index (κ2) is 5.89. The average molecular weight is 327 g/mol. The zero-order chi connectivity index (χ0) is 16.7. The van der Waals surface area contributed by atoms with Crippen LogP contribution in [0.1, 0.15) is 27.9 Å². The summed E-state index contributed by atoms with van der Waals surface area (Å²) in [7, 11) is 0.698. The molecule has 1 aromatic carbocycles. The lowest BCUT2D eigenvalue weighted by Crippen LogP contribution is -2.07. The predicted molar refractivity (Wildman–Crippen MR) is 94.0 cm³/mol. The molecule has 1 atom stereocenters. The van der Waals surface area contributed by atoms with Gasteiger partial charge in [-0.3, -0.25) is 9.19 Å². The highest BCUT2D eigenvalue weighted by Crippen LogP contribution is 2.22. The summed E-state index contributed by atoms with van der Waals surface area (Å²) in [5.74, 6) is 0.392. The molecule has 0 saturated heterocycles. The van der Waals surface area contributed by atoms with Gasteiger partial charge in [0.05, 0.1) is 33.3 Å². The van der Waals surface area contributed by atoms with E-state index in [1.54, 1.807) is 0 Å². The highest BCUT2D eigenvalue weighted by molar-refractivity contribution is 7.84. The molecule has 0 fully saturated rings. The molecule has 0 aliphatic heterocycles. The fraction of sp³-hybridized carbons (Fsp3) is 0.333. The highest BCUT2D eigenvalue weighted by Gasteiger charge is 2.17. The van der Waals surface area contributed by atoms with Crippen LogP contribution in [0.2, 0.25) is 0 Å². The zero-order valence-corrected chi connectivity index (χ0v) is 15.0. The van der Waals surface area contributed by atoms with Crippen molar-refractivity contribution in [1.82, 2.24) is 14.5 Å². The minimum absolute atomic E-state index is 0.392. The van der Waals surface area contributed by atoms with Gasteiger partial charge in [-0.2, -0.15) is 0 Å². The van der Waals surface area contributed by atoms with Gasteiger partial charge in [-0.05, 0) is 62.1 Å². The van der Waals surface area contributed by atoms with Gasteiger partial charge >= 0.3 is 0 Å². The van der Waals surface area contributed by atoms with Crippen molar-refractivity contribution in [1.29, 1.82) is 0 Å². The van der Waals surface area contributed by atoms with Crippen molar-refractivity contribution in [2.45, 2.75) is 38.6 Å². The molecule has 0 spiro atoms. The monoisotopic (exact) mass is 327 g/mol. The number of rotatable bonds is 3. The predicted octanol–water partition coefficient (Wildman–Crippen LogP) is 3.51. The van der Waals surface area contributed by atoms with Crippen LogP contribution >= 0.6 is 0 Å². The molecule has 0 aliphatic rings. The number of nitrogens with zero attached hydrogens (tertiary/aromatic N) is 3. The summed E-state index contributed by atoms with van der Waals surface area (Å²) >= 11 is 0. The fourth-order valence-electron chi connectivity index (χ4n) is 2.70. The first-order valence-corrected chi connectivity index (χ1v) is 8.93. The Kier molecular flexibility index (Phi) is 4.06. The van der Waals surface area contributed by atoms with Crippen molar-refractivity contribution in [2.75, 3.05) is 0 Å². The molecule has 2 aromatic heterocycles. The van der Waals surface area contributed by atoms with E-state index in [0.717, 1.165) is 27.9 Å². The van der Waals surface area contributed by atoms with Gasteiger partial charge < -0.3 is 4.57 Å². The van der Waals surface area contributed by atoms with Crippen molar-refractivity contribution in [2.24, 2.45) is 7.05 Å². The van der Waals surface area contributed by atoms with Crippen LogP contribution in [0.15, 0.2) is 29.6 Å². The van der Waals surface area contributed by atoms with E-state index < -0.39 is 10.8 Å². The quantitative estimate of drug-likeness (QED) is 0.739. The maximum Gasteiger partial charge on any atom is 0.200 e. The number of pyridine rings is 1. The molecule has 23 heavy (non-hydrogen) atoms. The van der Waals surface area contributed by atoms with Crippen molar-refractivity contribution in [3.63, 3.8) is 0 Å². The van der Waals surface area contributed by atoms with Crippen LogP contribution < -0.4 is 0 Å². The summed E-state index contributed by atoms with van der Waals surface area (Å²) in [4.78, 5) is 9.03. The van der Waals surface area contributed by atoms with Gasteiger partial charge in [0.15, 0.2) is 5.16 Å². The molecule has 1 unspecified atom stereocenters. The first kappa shape index (κ1) is 15.9. The molecule has 3 rings (SSSR count). The molecule has 4 nitrogen and oxygen atoms in total. The molecule has 3 aromatic rings. The summed E-state index contributed by atoms with van der Waals surface area (Å²) in [5.41, 5.74) is 7.44. The Bertz CT molecular complexity index is 928. The van der Waals surface area contributed by atoms with E-state index in [2.05, 4.69) is 23.0 Å². The third kappa shape index (κ3) is 2.81. The van der Waals surface area contributed by atoms with Crippen LogP contribution in [-0.2, 0) is 23.6 Å². The molecule has 0 amide bonds. The third-order valence-corrected chi connectivity index (χ3v) is 5.78. The lowest BCUT2D eigenvalue weighted by molar-refractivity contribution is 0.666. The molecule has 0 N–H and O–H groups in total. The second-order valence-corrected chi connectivity index (χ2v) is 7.42. The number of hydrogen-bond donors (Lipinski definition) is 0. The van der Waals surface area contributed by atoms with Gasteiger partial charge in [-0.15, -0.1) is 0 Å². The largest absolute Gasteiger partial charge is 0.320 e. The standard InChI is InChI=1S/C18H21N3OS/c1-11-6-7-15-17(8-11)21(5)18(20-15)23(22)10-16-14(4)13(3)12(2)9-19-16/h6-9H,10H2,1-5H3. The molecule has 0 saturated carbocycles. The molecule has 0 aliphatic carbocycles. The SMILES string of the molecule is Cc1ccc2nc(S(=O)Cc3ncc(C)c(C)c3C)n(C)c2c1. The van der Waals surface area contributed by atoms with Crippen molar-refractivity contribution in [3.8, 4) is 0 Å². The number of fused-ring (bicyclic) bond motifs is 1. The molecule has 5 heteroatoms. The summed E-state index contributed by atoms with van der Waals surface area (Å²) < 4.78 is 14.8. The molecule has 2 heterocycles. The van der Waals surface area contributed by atoms with Crippen molar-refractivity contribution in [3.05, 3.63) is 52.3 Å². The van der Waals surface area contributed by atoms with E-state index in [9.17, 15) is 4.21 Å². The lowest BCUT2D eigenvalue weighted by atomic mass is 10.1. The summed E-state index contributed by atoms with van der Waals surface area (Å²) in [6, 6.07) is 6.07. The van der Waals surface area contributed by atoms with Gasteiger partial charge in [0.25, 0.3) is 0 Å². The third-order valence-electron chi connectivity index (χ3n) is 4.47. The molecular formula is C18H21N3OS. The normalized spacial score (nSPS) is 12.7. The van der Waals surface area contributed by atoms with Crippen LogP contribution in [0.4, 0.5) is 0 Å². The Morgan fingerprint density at radius 3 is 2.61 bits per heavy atom. The number of imidazole rings is 1.